The van der Waals surface area contributed by atoms with E-state index in [0.29, 0.717) is 17.4 Å². The van der Waals surface area contributed by atoms with Gasteiger partial charge in [-0.2, -0.15) is 23.5 Å². The highest BCUT2D eigenvalue weighted by Gasteiger charge is 2.22. The Morgan fingerprint density at radius 3 is 2.67 bits per heavy atom. The fraction of sp³-hybridized carbons (Fsp3) is 0.429. The molecule has 7 heteroatoms. The van der Waals surface area contributed by atoms with E-state index in [4.69, 9.17) is 0 Å². The Labute approximate surface area is 132 Å². The number of aliphatic carboxylic acids is 1. The number of carbonyl (C=O) groups excluding carboxylic acids is 1. The Morgan fingerprint density at radius 1 is 1.29 bits per heavy atom. The average Bonchev–Trinajstić information content (AvgIpc) is 2.52. The van der Waals surface area contributed by atoms with Gasteiger partial charge in [-0.25, -0.2) is 9.59 Å². The monoisotopic (exact) mass is 326 g/mol. The summed E-state index contributed by atoms with van der Waals surface area (Å²) in [6.07, 6.45) is 0. The number of hydrogen-bond donors (Lipinski definition) is 3. The average molecular weight is 326 g/mol. The second kappa shape index (κ2) is 8.19. The molecule has 21 heavy (non-hydrogen) atoms. The first-order chi connectivity index (χ1) is 10.2. The van der Waals surface area contributed by atoms with Gasteiger partial charge in [-0.05, 0) is 5.56 Å². The normalized spacial score (nSPS) is 19.5. The minimum atomic E-state index is -1.07. The number of carbonyl (C=O) groups is 2. The molecule has 0 aromatic heterocycles. The second-order valence-electron chi connectivity index (χ2n) is 4.60. The number of carboxylic acid groups (broad SMARTS) is 1. The van der Waals surface area contributed by atoms with E-state index in [9.17, 15) is 14.7 Å². The zero-order valence-corrected chi connectivity index (χ0v) is 13.1. The summed E-state index contributed by atoms with van der Waals surface area (Å²) < 4.78 is 0. The van der Waals surface area contributed by atoms with Gasteiger partial charge in [-0.1, -0.05) is 30.3 Å². The summed E-state index contributed by atoms with van der Waals surface area (Å²) in [4.78, 5) is 23.2. The lowest BCUT2D eigenvalue weighted by molar-refractivity contribution is -0.139. The summed E-state index contributed by atoms with van der Waals surface area (Å²) >= 11 is 3.73. The summed E-state index contributed by atoms with van der Waals surface area (Å²) in [5, 5.41) is 14.9. The van der Waals surface area contributed by atoms with Crippen molar-refractivity contribution < 1.29 is 14.7 Å². The molecule has 1 aliphatic rings. The maximum atomic E-state index is 11.9. The maximum absolute atomic E-state index is 11.9. The molecule has 2 atom stereocenters. The van der Waals surface area contributed by atoms with Crippen LogP contribution < -0.4 is 10.6 Å². The zero-order chi connectivity index (χ0) is 15.1. The van der Waals surface area contributed by atoms with Gasteiger partial charge < -0.3 is 15.7 Å². The molecule has 0 spiro atoms. The highest BCUT2D eigenvalue weighted by molar-refractivity contribution is 8.06. The molecule has 114 valence electrons. The van der Waals surface area contributed by atoms with Gasteiger partial charge in [-0.3, -0.25) is 0 Å². The molecule has 2 amide bonds. The Balaban J connectivity index is 1.85. The topological polar surface area (TPSA) is 78.4 Å². The van der Waals surface area contributed by atoms with Gasteiger partial charge in [0.1, 0.15) is 0 Å². The van der Waals surface area contributed by atoms with Crippen LogP contribution in [-0.2, 0) is 4.79 Å². The van der Waals surface area contributed by atoms with Crippen molar-refractivity contribution in [1.29, 1.82) is 0 Å². The third-order valence-electron chi connectivity index (χ3n) is 3.03. The zero-order valence-electron chi connectivity index (χ0n) is 11.5. The third-order valence-corrected chi connectivity index (χ3v) is 5.88. The number of hydrogen-bond acceptors (Lipinski definition) is 4. The molecule has 0 radical (unpaired) electrons. The molecular formula is C14H18N2O3S2. The lowest BCUT2D eigenvalue weighted by Crippen LogP contribution is -2.43. The van der Waals surface area contributed by atoms with Crippen LogP contribution in [0.4, 0.5) is 4.79 Å². The Morgan fingerprint density at radius 2 is 2.05 bits per heavy atom. The summed E-state index contributed by atoms with van der Waals surface area (Å²) in [5.41, 5.74) is 0.558. The van der Waals surface area contributed by atoms with Crippen molar-refractivity contribution in [3.8, 4) is 0 Å². The lowest BCUT2D eigenvalue weighted by atomic mass is 10.1. The molecule has 1 aliphatic heterocycles. The molecule has 0 aliphatic carbocycles. The van der Waals surface area contributed by atoms with Gasteiger partial charge in [0, 0.05) is 29.1 Å². The molecule has 1 aromatic rings. The SMILES string of the molecule is O=C(NCC1CSCCS1)N[C@@H](C(=O)O)c1ccccc1. The quantitative estimate of drug-likeness (QED) is 0.771. The van der Waals surface area contributed by atoms with E-state index in [0.717, 1.165) is 17.3 Å². The molecule has 0 saturated carbocycles. The van der Waals surface area contributed by atoms with Crippen LogP contribution in [0.2, 0.25) is 0 Å². The maximum Gasteiger partial charge on any atom is 0.330 e. The van der Waals surface area contributed by atoms with Crippen molar-refractivity contribution in [3.05, 3.63) is 35.9 Å². The fourth-order valence-corrected chi connectivity index (χ4v) is 4.59. The highest BCUT2D eigenvalue weighted by atomic mass is 32.2. The Kier molecular flexibility index (Phi) is 6.25. The van der Waals surface area contributed by atoms with Crippen molar-refractivity contribution in [2.45, 2.75) is 11.3 Å². The van der Waals surface area contributed by atoms with Crippen molar-refractivity contribution in [1.82, 2.24) is 10.6 Å². The lowest BCUT2D eigenvalue weighted by Gasteiger charge is -2.22. The van der Waals surface area contributed by atoms with Gasteiger partial charge in [0.2, 0.25) is 0 Å². The van der Waals surface area contributed by atoms with Crippen LogP contribution in [0, 0.1) is 0 Å². The van der Waals surface area contributed by atoms with Gasteiger partial charge >= 0.3 is 12.0 Å². The van der Waals surface area contributed by atoms with Crippen molar-refractivity contribution in [2.24, 2.45) is 0 Å². The first-order valence-corrected chi connectivity index (χ1v) is 8.88. The Hall–Kier alpha value is -1.34. The highest BCUT2D eigenvalue weighted by Crippen LogP contribution is 2.23. The molecule has 1 fully saturated rings. The van der Waals surface area contributed by atoms with Crippen LogP contribution in [0.3, 0.4) is 0 Å². The van der Waals surface area contributed by atoms with E-state index in [1.807, 2.05) is 23.5 Å². The number of urea groups is 1. The molecule has 1 unspecified atom stereocenters. The van der Waals surface area contributed by atoms with Gasteiger partial charge in [0.25, 0.3) is 0 Å². The van der Waals surface area contributed by atoms with E-state index in [1.54, 1.807) is 30.3 Å². The predicted molar refractivity (Wildman–Crippen MR) is 86.9 cm³/mol. The molecule has 1 saturated heterocycles. The second-order valence-corrected chi connectivity index (χ2v) is 7.16. The minimum Gasteiger partial charge on any atom is -0.479 e. The number of rotatable bonds is 5. The smallest absolute Gasteiger partial charge is 0.330 e. The van der Waals surface area contributed by atoms with Crippen molar-refractivity contribution in [3.63, 3.8) is 0 Å². The van der Waals surface area contributed by atoms with Crippen molar-refractivity contribution >= 4 is 35.5 Å². The molecular weight excluding hydrogens is 308 g/mol. The van der Waals surface area contributed by atoms with Gasteiger partial charge in [-0.15, -0.1) is 0 Å². The number of carboxylic acids is 1. The van der Waals surface area contributed by atoms with Gasteiger partial charge in [0.15, 0.2) is 6.04 Å². The number of thioether (sulfide) groups is 2. The van der Waals surface area contributed by atoms with E-state index < -0.39 is 18.0 Å². The van der Waals surface area contributed by atoms with Crippen LogP contribution in [-0.4, -0.2) is 46.2 Å². The summed E-state index contributed by atoms with van der Waals surface area (Å²) in [6, 6.07) is 7.21. The van der Waals surface area contributed by atoms with Crippen LogP contribution in [0.1, 0.15) is 11.6 Å². The number of nitrogens with one attached hydrogen (secondary N) is 2. The summed E-state index contributed by atoms with van der Waals surface area (Å²) in [7, 11) is 0. The standard InChI is InChI=1S/C14H18N2O3S2/c17-13(18)12(10-4-2-1-3-5-10)16-14(19)15-8-11-9-20-6-7-21-11/h1-5,11-12H,6-9H2,(H,17,18)(H2,15,16,19)/t11?,12-/m1/s1. The Bertz CT molecular complexity index is 478. The van der Waals surface area contributed by atoms with Crippen LogP contribution in [0.25, 0.3) is 0 Å². The molecule has 1 aromatic carbocycles. The predicted octanol–water partition coefficient (Wildman–Crippen LogP) is 1.96. The summed E-state index contributed by atoms with van der Waals surface area (Å²) in [6.45, 7) is 0.560. The summed E-state index contributed by atoms with van der Waals surface area (Å²) in [5.74, 6) is 2.20. The van der Waals surface area contributed by atoms with Crippen LogP contribution >= 0.6 is 23.5 Å². The molecule has 3 N–H and O–H groups in total. The molecule has 2 rings (SSSR count). The van der Waals surface area contributed by atoms with Crippen LogP contribution in [0.15, 0.2) is 30.3 Å². The fourth-order valence-electron chi connectivity index (χ4n) is 1.98. The molecule has 5 nitrogen and oxygen atoms in total. The largest absolute Gasteiger partial charge is 0.479 e. The van der Waals surface area contributed by atoms with Crippen molar-refractivity contribution in [2.75, 3.05) is 23.8 Å². The molecule has 0 bridgehead atoms. The minimum absolute atomic E-state index is 0.398. The van der Waals surface area contributed by atoms with E-state index >= 15 is 0 Å². The first kappa shape index (κ1) is 16.0. The van der Waals surface area contributed by atoms with E-state index in [2.05, 4.69) is 10.6 Å². The first-order valence-electron chi connectivity index (χ1n) is 6.68. The van der Waals surface area contributed by atoms with E-state index in [-0.39, 0.29) is 0 Å². The van der Waals surface area contributed by atoms with E-state index in [1.165, 1.54) is 0 Å². The van der Waals surface area contributed by atoms with Crippen LogP contribution in [0.5, 0.6) is 0 Å². The van der Waals surface area contributed by atoms with Gasteiger partial charge in [0.05, 0.1) is 0 Å². The number of amides is 2. The third kappa shape index (κ3) is 5.17. The number of benzene rings is 1. The molecule has 1 heterocycles.